The van der Waals surface area contributed by atoms with Crippen LogP contribution in [0.2, 0.25) is 0 Å². The molecule has 1 atom stereocenters. The van der Waals surface area contributed by atoms with E-state index in [4.69, 9.17) is 0 Å². The number of hydrogen-bond donors (Lipinski definition) is 1. The first-order valence-corrected chi connectivity index (χ1v) is 9.19. The van der Waals surface area contributed by atoms with Gasteiger partial charge in [0.25, 0.3) is 5.91 Å². The number of amides is 1. The molecule has 20 heavy (non-hydrogen) atoms. The Kier molecular flexibility index (Phi) is 4.58. The van der Waals surface area contributed by atoms with Gasteiger partial charge in [-0.1, -0.05) is 12.1 Å². The van der Waals surface area contributed by atoms with Crippen LogP contribution >= 0.6 is 23.5 Å². The van der Waals surface area contributed by atoms with Crippen molar-refractivity contribution < 1.29 is 4.79 Å². The van der Waals surface area contributed by atoms with Crippen molar-refractivity contribution in [2.75, 3.05) is 31.1 Å². The molecule has 1 N–H and O–H groups in total. The van der Waals surface area contributed by atoms with Crippen molar-refractivity contribution in [2.24, 2.45) is 0 Å². The molecular weight excluding hydrogens is 288 g/mol. The van der Waals surface area contributed by atoms with Gasteiger partial charge < -0.3 is 10.2 Å². The average Bonchev–Trinajstić information content (AvgIpc) is 3.01. The number of thioether (sulfide) groups is 2. The molecule has 0 saturated carbocycles. The summed E-state index contributed by atoms with van der Waals surface area (Å²) in [6, 6.07) is 8.61. The van der Waals surface area contributed by atoms with Gasteiger partial charge in [0.2, 0.25) is 0 Å². The van der Waals surface area contributed by atoms with E-state index in [0.717, 1.165) is 25.2 Å². The summed E-state index contributed by atoms with van der Waals surface area (Å²) in [5.41, 5.74) is 2.15. The van der Waals surface area contributed by atoms with Gasteiger partial charge in [-0.15, -0.1) is 23.5 Å². The molecular formula is C15H20N2OS2. The minimum Gasteiger partial charge on any atom is -0.336 e. The van der Waals surface area contributed by atoms with Crippen LogP contribution in [0.4, 0.5) is 0 Å². The smallest absolute Gasteiger partial charge is 0.253 e. The van der Waals surface area contributed by atoms with Crippen LogP contribution in [0.1, 0.15) is 27.4 Å². The van der Waals surface area contributed by atoms with Crippen LogP contribution in [0, 0.1) is 0 Å². The highest BCUT2D eigenvalue weighted by Gasteiger charge is 2.22. The summed E-state index contributed by atoms with van der Waals surface area (Å²) in [4.78, 5) is 14.4. The fraction of sp³-hybridized carbons (Fsp3) is 0.533. The molecule has 2 saturated heterocycles. The van der Waals surface area contributed by atoms with E-state index >= 15 is 0 Å². The summed E-state index contributed by atoms with van der Waals surface area (Å²) in [6.45, 7) is 4.62. The van der Waals surface area contributed by atoms with E-state index in [0.29, 0.717) is 10.6 Å². The SMILES string of the molecule is CC1CN(C(=O)c2ccc(C3SCCS3)cc2)CCN1. The fourth-order valence-corrected chi connectivity index (χ4v) is 5.49. The second-order valence-corrected chi connectivity index (χ2v) is 8.03. The van der Waals surface area contributed by atoms with Gasteiger partial charge in [0, 0.05) is 42.7 Å². The molecule has 0 aliphatic carbocycles. The van der Waals surface area contributed by atoms with E-state index in [1.165, 1.54) is 17.1 Å². The zero-order valence-corrected chi connectivity index (χ0v) is 13.3. The van der Waals surface area contributed by atoms with Crippen molar-refractivity contribution in [3.05, 3.63) is 35.4 Å². The van der Waals surface area contributed by atoms with Gasteiger partial charge in [-0.05, 0) is 24.6 Å². The van der Waals surface area contributed by atoms with Gasteiger partial charge in [-0.2, -0.15) is 0 Å². The minimum atomic E-state index is 0.164. The molecule has 1 aromatic rings. The van der Waals surface area contributed by atoms with E-state index in [1.54, 1.807) is 0 Å². The first-order valence-electron chi connectivity index (χ1n) is 7.10. The Morgan fingerprint density at radius 2 is 1.95 bits per heavy atom. The molecule has 3 rings (SSSR count). The van der Waals surface area contributed by atoms with E-state index < -0.39 is 0 Å². The van der Waals surface area contributed by atoms with Crippen LogP contribution in [0.5, 0.6) is 0 Å². The molecule has 2 fully saturated rings. The maximum Gasteiger partial charge on any atom is 0.253 e. The largest absolute Gasteiger partial charge is 0.336 e. The van der Waals surface area contributed by atoms with Crippen molar-refractivity contribution in [3.8, 4) is 0 Å². The summed E-state index contributed by atoms with van der Waals surface area (Å²) in [5.74, 6) is 2.63. The topological polar surface area (TPSA) is 32.3 Å². The van der Waals surface area contributed by atoms with Gasteiger partial charge >= 0.3 is 0 Å². The van der Waals surface area contributed by atoms with E-state index in [-0.39, 0.29) is 5.91 Å². The summed E-state index contributed by atoms with van der Waals surface area (Å²) in [6.07, 6.45) is 0. The molecule has 5 heteroatoms. The first-order chi connectivity index (χ1) is 9.74. The third kappa shape index (κ3) is 3.15. The molecule has 2 aliphatic rings. The summed E-state index contributed by atoms with van der Waals surface area (Å²) >= 11 is 3.99. The maximum atomic E-state index is 12.5. The van der Waals surface area contributed by atoms with E-state index in [9.17, 15) is 4.79 Å². The Morgan fingerprint density at radius 1 is 1.25 bits per heavy atom. The lowest BCUT2D eigenvalue weighted by Gasteiger charge is -2.32. The van der Waals surface area contributed by atoms with Crippen LogP contribution in [0.15, 0.2) is 24.3 Å². The predicted molar refractivity (Wildman–Crippen MR) is 87.5 cm³/mol. The number of nitrogens with zero attached hydrogens (tertiary/aromatic N) is 1. The quantitative estimate of drug-likeness (QED) is 0.910. The first kappa shape index (κ1) is 14.3. The highest BCUT2D eigenvalue weighted by Crippen LogP contribution is 2.45. The Morgan fingerprint density at radius 3 is 2.60 bits per heavy atom. The normalized spacial score (nSPS) is 24.1. The number of carbonyl (C=O) groups excluding carboxylic acids is 1. The maximum absolute atomic E-state index is 12.5. The Labute approximate surface area is 128 Å². The molecule has 1 amide bonds. The third-order valence-electron chi connectivity index (χ3n) is 3.71. The van der Waals surface area contributed by atoms with Crippen LogP contribution < -0.4 is 5.32 Å². The van der Waals surface area contributed by atoms with Crippen molar-refractivity contribution in [3.63, 3.8) is 0 Å². The Balaban J connectivity index is 1.68. The standard InChI is InChI=1S/C15H20N2OS2/c1-11-10-17(7-6-16-11)14(18)12-2-4-13(5-3-12)15-19-8-9-20-15/h2-5,11,15-16H,6-10H2,1H3. The second kappa shape index (κ2) is 6.41. The number of hydrogen-bond acceptors (Lipinski definition) is 4. The third-order valence-corrected chi connectivity index (χ3v) is 6.81. The lowest BCUT2D eigenvalue weighted by molar-refractivity contribution is 0.0709. The number of nitrogens with one attached hydrogen (secondary N) is 1. The molecule has 3 nitrogen and oxygen atoms in total. The molecule has 2 heterocycles. The predicted octanol–water partition coefficient (Wildman–Crippen LogP) is 2.60. The van der Waals surface area contributed by atoms with Crippen molar-refractivity contribution >= 4 is 29.4 Å². The van der Waals surface area contributed by atoms with Crippen LogP contribution in [0.25, 0.3) is 0 Å². The van der Waals surface area contributed by atoms with Crippen LogP contribution in [-0.4, -0.2) is 48.0 Å². The zero-order valence-electron chi connectivity index (χ0n) is 11.7. The molecule has 0 bridgehead atoms. The van der Waals surface area contributed by atoms with Gasteiger partial charge in [0.05, 0.1) is 4.58 Å². The monoisotopic (exact) mass is 308 g/mol. The lowest BCUT2D eigenvalue weighted by Crippen LogP contribution is -2.51. The number of carbonyl (C=O) groups is 1. The average molecular weight is 308 g/mol. The van der Waals surface area contributed by atoms with Gasteiger partial charge in [-0.25, -0.2) is 0 Å². The zero-order chi connectivity index (χ0) is 13.9. The number of rotatable bonds is 2. The molecule has 2 aliphatic heterocycles. The minimum absolute atomic E-state index is 0.164. The van der Waals surface area contributed by atoms with Crippen LogP contribution in [-0.2, 0) is 0 Å². The Hall–Kier alpha value is -0.650. The van der Waals surface area contributed by atoms with E-state index in [1.807, 2.05) is 40.6 Å². The molecule has 1 aromatic carbocycles. The fourth-order valence-electron chi connectivity index (χ4n) is 2.63. The highest BCUT2D eigenvalue weighted by molar-refractivity contribution is 8.19. The summed E-state index contributed by atoms with van der Waals surface area (Å²) in [5, 5.41) is 3.37. The number of piperazine rings is 1. The molecule has 1 unspecified atom stereocenters. The van der Waals surface area contributed by atoms with Crippen molar-refractivity contribution in [2.45, 2.75) is 17.5 Å². The van der Waals surface area contributed by atoms with Gasteiger partial charge in [0.1, 0.15) is 0 Å². The molecule has 0 spiro atoms. The second-order valence-electron chi connectivity index (χ2n) is 5.30. The number of benzene rings is 1. The summed E-state index contributed by atoms with van der Waals surface area (Å²) < 4.78 is 0.554. The lowest BCUT2D eigenvalue weighted by atomic mass is 10.1. The Bertz CT molecular complexity index is 471. The molecule has 0 radical (unpaired) electrons. The van der Waals surface area contributed by atoms with Gasteiger partial charge in [0.15, 0.2) is 0 Å². The summed E-state index contributed by atoms with van der Waals surface area (Å²) in [7, 11) is 0. The molecule has 0 aromatic heterocycles. The van der Waals surface area contributed by atoms with Crippen molar-refractivity contribution in [1.29, 1.82) is 0 Å². The highest BCUT2D eigenvalue weighted by atomic mass is 32.2. The van der Waals surface area contributed by atoms with Crippen molar-refractivity contribution in [1.82, 2.24) is 10.2 Å². The van der Waals surface area contributed by atoms with Gasteiger partial charge in [-0.3, -0.25) is 4.79 Å². The molecule has 108 valence electrons. The van der Waals surface area contributed by atoms with Crippen LogP contribution in [0.3, 0.4) is 0 Å². The van der Waals surface area contributed by atoms with E-state index in [2.05, 4.69) is 24.4 Å².